The van der Waals surface area contributed by atoms with Crippen LogP contribution in [0.3, 0.4) is 0 Å². The van der Waals surface area contributed by atoms with Gasteiger partial charge in [0.15, 0.2) is 0 Å². The normalized spacial score (nSPS) is 11.3. The van der Waals surface area contributed by atoms with Crippen molar-refractivity contribution in [3.63, 3.8) is 0 Å². The molecule has 2 aromatic carbocycles. The van der Waals surface area contributed by atoms with Crippen molar-refractivity contribution in [1.29, 1.82) is 0 Å². The molecule has 103 valence electrons. The fourth-order valence-corrected chi connectivity index (χ4v) is 3.69. The summed E-state index contributed by atoms with van der Waals surface area (Å²) in [4.78, 5) is 0. The third-order valence-electron chi connectivity index (χ3n) is 4.17. The predicted octanol–water partition coefficient (Wildman–Crippen LogP) is -2.33. The molecule has 0 saturated heterocycles. The zero-order chi connectivity index (χ0) is 13.0. The molecule has 0 unspecified atom stereocenters. The largest absolute Gasteiger partial charge is 1.00 e. The molecule has 3 heteroatoms. The van der Waals surface area contributed by atoms with Crippen LogP contribution in [0.25, 0.3) is 11.1 Å². The van der Waals surface area contributed by atoms with Gasteiger partial charge in [-0.3, -0.25) is 0 Å². The predicted molar refractivity (Wildman–Crippen MR) is 73.3 cm³/mol. The Morgan fingerprint density at radius 1 is 0.800 bits per heavy atom. The molecule has 0 fully saturated rings. The van der Waals surface area contributed by atoms with Gasteiger partial charge in [-0.25, -0.2) is 0 Å². The van der Waals surface area contributed by atoms with Crippen molar-refractivity contribution in [3.05, 3.63) is 51.6 Å². The minimum atomic E-state index is 0. The number of rotatable bonds is 0. The zero-order valence-electron chi connectivity index (χ0n) is 12.2. The molecule has 0 radical (unpaired) electrons. The van der Waals surface area contributed by atoms with Crippen LogP contribution in [0, 0.1) is 27.7 Å². The maximum Gasteiger partial charge on any atom is -1.00 e. The molecule has 0 aliphatic heterocycles. The van der Waals surface area contributed by atoms with Crippen LogP contribution in [0.1, 0.15) is 33.4 Å². The summed E-state index contributed by atoms with van der Waals surface area (Å²) in [6.07, 6.45) is 1.13. The molecule has 1 aliphatic rings. The van der Waals surface area contributed by atoms with Crippen LogP contribution in [-0.2, 0) is 31.1 Å². The van der Waals surface area contributed by atoms with Gasteiger partial charge in [0, 0.05) is 0 Å². The van der Waals surface area contributed by atoms with Gasteiger partial charge in [-0.05, 0) is 0 Å². The Morgan fingerprint density at radius 2 is 1.40 bits per heavy atom. The summed E-state index contributed by atoms with van der Waals surface area (Å²) >= 11 is 1.54. The van der Waals surface area contributed by atoms with Crippen LogP contribution in [0.15, 0.2) is 18.2 Å². The van der Waals surface area contributed by atoms with Crippen LogP contribution in [-0.4, -0.2) is 0 Å². The molecule has 0 spiro atoms. The van der Waals surface area contributed by atoms with E-state index in [9.17, 15) is 0 Å². The molecule has 0 saturated carbocycles. The SMILES string of the molecule is Cc1cc(C)c2c(c1)-c1cc(C)[c]([Zr+2])c(C)c1C2.[Cl-].[Cl-]. The van der Waals surface area contributed by atoms with E-state index >= 15 is 0 Å². The molecule has 0 aromatic heterocycles. The number of hydrogen-bond donors (Lipinski definition) is 0. The smallest absolute Gasteiger partial charge is 1.00 e. The quantitative estimate of drug-likeness (QED) is 0.409. The Hall–Kier alpha value is -0.0969. The van der Waals surface area contributed by atoms with E-state index in [1.165, 1.54) is 58.1 Å². The second-order valence-corrected chi connectivity index (χ2v) is 6.73. The van der Waals surface area contributed by atoms with Crippen molar-refractivity contribution >= 4 is 3.27 Å². The average Bonchev–Trinajstić information content (AvgIpc) is 2.66. The van der Waals surface area contributed by atoms with Crippen LogP contribution in [0.2, 0.25) is 0 Å². The number of benzene rings is 2. The van der Waals surface area contributed by atoms with Gasteiger partial charge in [0.25, 0.3) is 0 Å². The number of aryl methyl sites for hydroxylation is 3. The van der Waals surface area contributed by atoms with Crippen molar-refractivity contribution in [3.8, 4) is 11.1 Å². The van der Waals surface area contributed by atoms with E-state index in [0.29, 0.717) is 0 Å². The van der Waals surface area contributed by atoms with E-state index in [4.69, 9.17) is 0 Å². The van der Waals surface area contributed by atoms with Gasteiger partial charge in [-0.2, -0.15) is 0 Å². The summed E-state index contributed by atoms with van der Waals surface area (Å²) in [5, 5.41) is 0. The first kappa shape index (κ1) is 18.0. The number of halogens is 2. The Balaban J connectivity index is 0.000001000. The molecule has 2 aromatic rings. The summed E-state index contributed by atoms with van der Waals surface area (Å²) in [5.74, 6) is 0. The van der Waals surface area contributed by atoms with Crippen molar-refractivity contribution < 1.29 is 49.5 Å². The van der Waals surface area contributed by atoms with Gasteiger partial charge in [-0.1, -0.05) is 0 Å². The Morgan fingerprint density at radius 3 is 2.05 bits per heavy atom. The van der Waals surface area contributed by atoms with Crippen LogP contribution in [0.5, 0.6) is 0 Å². The molecule has 0 atom stereocenters. The molecular formula is C17H17Cl2Zr. The minimum absolute atomic E-state index is 0. The second kappa shape index (κ2) is 6.34. The van der Waals surface area contributed by atoms with E-state index in [1.807, 2.05) is 0 Å². The first-order valence-electron chi connectivity index (χ1n) is 6.44. The number of fused-ring (bicyclic) bond motifs is 3. The summed E-state index contributed by atoms with van der Waals surface area (Å²) in [6, 6.07) is 7.07. The maximum absolute atomic E-state index is 2.40. The Kier molecular flexibility index (Phi) is 5.70. The van der Waals surface area contributed by atoms with Gasteiger partial charge in [-0.15, -0.1) is 0 Å². The molecule has 3 rings (SSSR count). The third-order valence-corrected chi connectivity index (χ3v) is 6.06. The average molecular weight is 383 g/mol. The Bertz CT molecular complexity index is 675. The monoisotopic (exact) mass is 381 g/mol. The van der Waals surface area contributed by atoms with E-state index in [1.54, 1.807) is 14.4 Å². The van der Waals surface area contributed by atoms with Gasteiger partial charge in [0.1, 0.15) is 0 Å². The fraction of sp³-hybridized carbons (Fsp3) is 0.294. The zero-order valence-corrected chi connectivity index (χ0v) is 16.2. The topological polar surface area (TPSA) is 0 Å². The van der Waals surface area contributed by atoms with E-state index in [-0.39, 0.29) is 24.8 Å². The van der Waals surface area contributed by atoms with Crippen molar-refractivity contribution in [1.82, 2.24) is 0 Å². The van der Waals surface area contributed by atoms with Gasteiger partial charge < -0.3 is 24.8 Å². The molecule has 0 heterocycles. The second-order valence-electron chi connectivity index (χ2n) is 5.50. The molecule has 0 bridgehead atoms. The van der Waals surface area contributed by atoms with E-state index < -0.39 is 0 Å². The van der Waals surface area contributed by atoms with Gasteiger partial charge >= 0.3 is 125 Å². The molecular weight excluding hydrogens is 366 g/mol. The fourth-order valence-electron chi connectivity index (χ4n) is 3.14. The van der Waals surface area contributed by atoms with Crippen molar-refractivity contribution in [2.75, 3.05) is 0 Å². The number of hydrogen-bond acceptors (Lipinski definition) is 0. The molecule has 1 aliphatic carbocycles. The summed E-state index contributed by atoms with van der Waals surface area (Å²) in [5.41, 5.74) is 11.9. The molecule has 0 N–H and O–H groups in total. The van der Waals surface area contributed by atoms with Crippen molar-refractivity contribution in [2.45, 2.75) is 34.1 Å². The van der Waals surface area contributed by atoms with Crippen LogP contribution >= 0.6 is 0 Å². The van der Waals surface area contributed by atoms with Gasteiger partial charge in [0.05, 0.1) is 0 Å². The molecule has 20 heavy (non-hydrogen) atoms. The van der Waals surface area contributed by atoms with E-state index in [0.717, 1.165) is 6.42 Å². The molecule has 0 nitrogen and oxygen atoms in total. The van der Waals surface area contributed by atoms with Crippen molar-refractivity contribution in [2.24, 2.45) is 0 Å². The standard InChI is InChI=1S/C17H17.2ClH.Zr/c1-10-5-12(3)14-9-15-13(4)6-11(2)8-17(15)16(14)7-10;;;/h5,7-8H,9H2,1-4H3;2*1H;/q;;;+2/p-2. The van der Waals surface area contributed by atoms with Crippen LogP contribution in [0.4, 0.5) is 0 Å². The summed E-state index contributed by atoms with van der Waals surface area (Å²) in [6.45, 7) is 8.99. The van der Waals surface area contributed by atoms with Crippen LogP contribution < -0.4 is 28.1 Å². The third kappa shape index (κ3) is 2.65. The first-order chi connectivity index (χ1) is 8.49. The summed E-state index contributed by atoms with van der Waals surface area (Å²) in [7, 11) is 0. The first-order valence-corrected chi connectivity index (χ1v) is 7.67. The maximum atomic E-state index is 2.40. The Labute approximate surface area is 149 Å². The van der Waals surface area contributed by atoms with Gasteiger partial charge in [0.2, 0.25) is 0 Å². The molecule has 0 amide bonds. The van der Waals surface area contributed by atoms with E-state index in [2.05, 4.69) is 45.9 Å². The minimum Gasteiger partial charge on any atom is -1.00 e. The summed E-state index contributed by atoms with van der Waals surface area (Å²) < 4.78 is 1.54.